The van der Waals surface area contributed by atoms with Gasteiger partial charge in [-0.2, -0.15) is 0 Å². The predicted octanol–water partition coefficient (Wildman–Crippen LogP) is 2.79. The van der Waals surface area contributed by atoms with Gasteiger partial charge in [-0.05, 0) is 45.4 Å². The van der Waals surface area contributed by atoms with E-state index in [1.807, 2.05) is 18.5 Å². The topological polar surface area (TPSA) is 76.8 Å². The Bertz CT molecular complexity index is 677. The number of likely N-dealkylation sites (tertiary alicyclic amines) is 1. The molecule has 1 saturated carbocycles. The van der Waals surface area contributed by atoms with Gasteiger partial charge in [0, 0.05) is 32.8 Å². The number of nitrogens with one attached hydrogen (secondary N) is 1. The summed E-state index contributed by atoms with van der Waals surface area (Å²) in [5.74, 6) is 2.85. The Labute approximate surface area is 197 Å². The Morgan fingerprint density at radius 2 is 1.90 bits per heavy atom. The van der Waals surface area contributed by atoms with Crippen molar-refractivity contribution in [2.24, 2.45) is 12.0 Å². The average Bonchev–Trinajstić information content (AvgIpc) is 3.50. The second-order valence-corrected chi connectivity index (χ2v) is 8.64. The molecule has 3 fully saturated rings. The lowest BCUT2D eigenvalue weighted by Crippen LogP contribution is -2.49. The van der Waals surface area contributed by atoms with Gasteiger partial charge in [0.25, 0.3) is 0 Å². The molecule has 1 atom stereocenters. The minimum Gasteiger partial charge on any atom is -0.376 e. The molecule has 3 aliphatic rings. The van der Waals surface area contributed by atoms with Crippen LogP contribution in [0.3, 0.4) is 0 Å². The molecular formula is C21H37IN6O2. The monoisotopic (exact) mass is 532 g/mol. The van der Waals surface area contributed by atoms with Gasteiger partial charge < -0.3 is 24.3 Å². The highest BCUT2D eigenvalue weighted by Crippen LogP contribution is 2.20. The van der Waals surface area contributed by atoms with E-state index in [0.717, 1.165) is 63.2 Å². The summed E-state index contributed by atoms with van der Waals surface area (Å²) in [4.78, 5) is 7.33. The summed E-state index contributed by atoms with van der Waals surface area (Å²) in [6, 6.07) is 0.545. The number of halogens is 1. The normalized spacial score (nSPS) is 23.7. The molecule has 1 N–H and O–H groups in total. The molecule has 4 rings (SSSR count). The van der Waals surface area contributed by atoms with Crippen LogP contribution in [0.15, 0.2) is 4.99 Å². The first kappa shape index (κ1) is 23.7. The third-order valence-corrected chi connectivity index (χ3v) is 6.52. The Hall–Kier alpha value is -0.940. The van der Waals surface area contributed by atoms with Crippen molar-refractivity contribution in [3.63, 3.8) is 0 Å². The number of piperidine rings is 1. The summed E-state index contributed by atoms with van der Waals surface area (Å²) in [6.45, 7) is 6.13. The van der Waals surface area contributed by atoms with Gasteiger partial charge in [-0.25, -0.2) is 4.99 Å². The Kier molecular flexibility index (Phi) is 9.18. The van der Waals surface area contributed by atoms with Crippen LogP contribution >= 0.6 is 24.0 Å². The molecule has 170 valence electrons. The molecule has 2 aliphatic heterocycles. The maximum absolute atomic E-state index is 6.14. The van der Waals surface area contributed by atoms with E-state index in [9.17, 15) is 0 Å². The number of nitrogens with zero attached hydrogens (tertiary/aromatic N) is 5. The highest BCUT2D eigenvalue weighted by atomic mass is 127. The second kappa shape index (κ2) is 11.6. The fraction of sp³-hybridized carbons (Fsp3) is 0.857. The van der Waals surface area contributed by atoms with Gasteiger partial charge in [0.2, 0.25) is 0 Å². The van der Waals surface area contributed by atoms with Crippen LogP contribution in [0, 0.1) is 6.92 Å². The quantitative estimate of drug-likeness (QED) is 0.345. The molecule has 30 heavy (non-hydrogen) atoms. The number of ether oxygens (including phenoxy) is 2. The van der Waals surface area contributed by atoms with Gasteiger partial charge in [0.1, 0.15) is 12.4 Å². The van der Waals surface area contributed by atoms with Crippen LogP contribution in [0.1, 0.15) is 63.0 Å². The predicted molar refractivity (Wildman–Crippen MR) is 127 cm³/mol. The number of aliphatic imine (C=N–C) groups is 1. The van der Waals surface area contributed by atoms with Crippen molar-refractivity contribution < 1.29 is 9.47 Å². The van der Waals surface area contributed by atoms with Crippen LogP contribution in [-0.4, -0.2) is 70.2 Å². The van der Waals surface area contributed by atoms with Crippen molar-refractivity contribution in [2.45, 2.75) is 83.1 Å². The zero-order valence-electron chi connectivity index (χ0n) is 18.4. The van der Waals surface area contributed by atoms with Gasteiger partial charge in [0.15, 0.2) is 11.8 Å². The maximum atomic E-state index is 6.14. The van der Waals surface area contributed by atoms with Crippen molar-refractivity contribution in [2.75, 3.05) is 26.3 Å². The van der Waals surface area contributed by atoms with E-state index >= 15 is 0 Å². The lowest BCUT2D eigenvalue weighted by molar-refractivity contribution is -0.0367. The lowest BCUT2D eigenvalue weighted by atomic mass is 10.1. The van der Waals surface area contributed by atoms with Crippen LogP contribution in [0.25, 0.3) is 0 Å². The van der Waals surface area contributed by atoms with Crippen LogP contribution in [0.5, 0.6) is 0 Å². The van der Waals surface area contributed by atoms with E-state index in [4.69, 9.17) is 14.5 Å². The summed E-state index contributed by atoms with van der Waals surface area (Å²) in [7, 11) is 2.00. The summed E-state index contributed by atoms with van der Waals surface area (Å²) in [5.41, 5.74) is 0. The van der Waals surface area contributed by atoms with Crippen molar-refractivity contribution in [3.8, 4) is 0 Å². The van der Waals surface area contributed by atoms with Gasteiger partial charge in [-0.3, -0.25) is 0 Å². The van der Waals surface area contributed by atoms with E-state index in [0.29, 0.717) is 24.8 Å². The van der Waals surface area contributed by atoms with Crippen LogP contribution in [0.2, 0.25) is 0 Å². The zero-order valence-corrected chi connectivity index (χ0v) is 20.7. The van der Waals surface area contributed by atoms with Crippen molar-refractivity contribution in [3.05, 3.63) is 11.6 Å². The molecule has 8 nitrogen and oxygen atoms in total. The highest BCUT2D eigenvalue weighted by molar-refractivity contribution is 14.0. The first-order chi connectivity index (χ1) is 14.2. The van der Waals surface area contributed by atoms with Crippen LogP contribution < -0.4 is 5.32 Å². The van der Waals surface area contributed by atoms with Gasteiger partial charge in [0.05, 0.1) is 18.8 Å². The Morgan fingerprint density at radius 3 is 2.53 bits per heavy atom. The van der Waals surface area contributed by atoms with Gasteiger partial charge in [-0.15, -0.1) is 34.2 Å². The lowest BCUT2D eigenvalue weighted by Gasteiger charge is -2.35. The largest absolute Gasteiger partial charge is 0.376 e. The zero-order chi connectivity index (χ0) is 20.1. The van der Waals surface area contributed by atoms with Crippen LogP contribution in [0.4, 0.5) is 0 Å². The molecule has 0 spiro atoms. The van der Waals surface area contributed by atoms with Crippen molar-refractivity contribution in [1.29, 1.82) is 0 Å². The molecule has 1 aromatic rings. The molecule has 0 amide bonds. The number of hydrogen-bond acceptors (Lipinski definition) is 5. The molecule has 1 unspecified atom stereocenters. The molecule has 3 heterocycles. The molecule has 9 heteroatoms. The number of aromatic nitrogens is 3. The van der Waals surface area contributed by atoms with Crippen molar-refractivity contribution in [1.82, 2.24) is 25.0 Å². The number of hydrogen-bond donors (Lipinski definition) is 1. The van der Waals surface area contributed by atoms with Crippen LogP contribution in [-0.2, 0) is 23.1 Å². The summed E-state index contributed by atoms with van der Waals surface area (Å²) >= 11 is 0. The molecule has 1 aliphatic carbocycles. The average molecular weight is 532 g/mol. The molecule has 0 radical (unpaired) electrons. The van der Waals surface area contributed by atoms with E-state index in [1.165, 1.54) is 32.1 Å². The van der Waals surface area contributed by atoms with Crippen molar-refractivity contribution >= 4 is 29.9 Å². The van der Waals surface area contributed by atoms with Gasteiger partial charge in [-0.1, -0.05) is 12.8 Å². The third-order valence-electron chi connectivity index (χ3n) is 6.52. The SMILES string of the molecule is Cc1nnc(CN=C(NC2CCCC2)N2CCC(OCC3CCCO3)CC2)n1C.I. The maximum Gasteiger partial charge on any atom is 0.194 e. The molecule has 0 aromatic carbocycles. The molecular weight excluding hydrogens is 495 g/mol. The number of rotatable bonds is 6. The summed E-state index contributed by atoms with van der Waals surface area (Å²) in [6.07, 6.45) is 10.1. The molecule has 2 saturated heterocycles. The summed E-state index contributed by atoms with van der Waals surface area (Å²) in [5, 5.41) is 12.2. The van der Waals surface area contributed by atoms with Gasteiger partial charge >= 0.3 is 0 Å². The first-order valence-corrected chi connectivity index (χ1v) is 11.3. The smallest absolute Gasteiger partial charge is 0.194 e. The van der Waals surface area contributed by atoms with E-state index in [2.05, 4.69) is 20.4 Å². The molecule has 1 aromatic heterocycles. The third kappa shape index (κ3) is 6.29. The minimum absolute atomic E-state index is 0. The fourth-order valence-electron chi connectivity index (χ4n) is 4.48. The molecule has 0 bridgehead atoms. The Morgan fingerprint density at radius 1 is 1.13 bits per heavy atom. The highest BCUT2D eigenvalue weighted by Gasteiger charge is 2.26. The minimum atomic E-state index is 0. The first-order valence-electron chi connectivity index (χ1n) is 11.3. The summed E-state index contributed by atoms with van der Waals surface area (Å²) < 4.78 is 13.8. The fourth-order valence-corrected chi connectivity index (χ4v) is 4.48. The van der Waals surface area contributed by atoms with E-state index in [-0.39, 0.29) is 24.0 Å². The number of guanidine groups is 1. The van der Waals surface area contributed by atoms with E-state index < -0.39 is 0 Å². The Balaban J connectivity index is 0.00000256. The number of aryl methyl sites for hydroxylation is 1. The standard InChI is InChI=1S/C21H36N6O2.HI/c1-16-24-25-20(26(16)2)14-22-21(23-17-6-3-4-7-17)27-11-9-18(10-12-27)29-15-19-8-5-13-28-19;/h17-19H,3-15H2,1-2H3,(H,22,23);1H. The van der Waals surface area contributed by atoms with E-state index in [1.54, 1.807) is 0 Å². The second-order valence-electron chi connectivity index (χ2n) is 8.64.